The fraction of sp³-hybridized carbons (Fsp3) is 0.0476. The van der Waals surface area contributed by atoms with Crippen LogP contribution in [0.25, 0.3) is 10.9 Å². The van der Waals surface area contributed by atoms with E-state index in [0.717, 1.165) is 16.6 Å². The molecule has 0 bridgehead atoms. The molecule has 3 N–H and O–H groups in total. The number of aromatic amines is 1. The van der Waals surface area contributed by atoms with E-state index in [1.54, 1.807) is 18.3 Å². The number of para-hydroxylation sites is 1. The number of halogens is 1. The maximum Gasteiger partial charge on any atom is 0.198 e. The Labute approximate surface area is 155 Å². The molecule has 0 unspecified atom stereocenters. The highest BCUT2D eigenvalue weighted by atomic mass is 19.1. The third-order valence-corrected chi connectivity index (χ3v) is 4.21. The third kappa shape index (κ3) is 3.64. The van der Waals surface area contributed by atoms with Crippen molar-refractivity contribution >= 4 is 28.5 Å². The number of fused-ring (bicyclic) bond motifs is 1. The van der Waals surface area contributed by atoms with Crippen LogP contribution >= 0.6 is 0 Å². The molecule has 134 valence electrons. The Morgan fingerprint density at radius 3 is 2.78 bits per heavy atom. The molecule has 2 aromatic heterocycles. The number of aromatic nitrogens is 2. The number of pyridine rings is 1. The minimum absolute atomic E-state index is 0.0362. The van der Waals surface area contributed by atoms with Crippen LogP contribution in [0.1, 0.15) is 11.3 Å². The van der Waals surface area contributed by atoms with E-state index in [9.17, 15) is 9.50 Å². The Bertz CT molecular complexity index is 1110. The number of rotatable bonds is 5. The molecule has 2 heterocycles. The van der Waals surface area contributed by atoms with Crippen molar-refractivity contribution in [2.45, 2.75) is 6.54 Å². The zero-order valence-corrected chi connectivity index (χ0v) is 14.4. The highest BCUT2D eigenvalue weighted by Gasteiger charge is 2.08. The topological polar surface area (TPSA) is 73.3 Å². The van der Waals surface area contributed by atoms with E-state index in [1.807, 2.05) is 42.5 Å². The van der Waals surface area contributed by atoms with Gasteiger partial charge in [-0.1, -0.05) is 24.3 Å². The van der Waals surface area contributed by atoms with Crippen molar-refractivity contribution in [1.29, 1.82) is 0 Å². The highest BCUT2D eigenvalue weighted by Crippen LogP contribution is 2.27. The molecule has 0 atom stereocenters. The number of hydrogen-bond acceptors (Lipinski definition) is 4. The van der Waals surface area contributed by atoms with Crippen molar-refractivity contribution < 1.29 is 9.50 Å². The molecule has 0 radical (unpaired) electrons. The summed E-state index contributed by atoms with van der Waals surface area (Å²) in [5.74, 6) is -0.363. The Hall–Kier alpha value is -3.67. The number of benzene rings is 2. The van der Waals surface area contributed by atoms with Gasteiger partial charge in [0.2, 0.25) is 0 Å². The molecule has 0 aliphatic rings. The maximum absolute atomic E-state index is 14.3. The average molecular weight is 360 g/mol. The van der Waals surface area contributed by atoms with Crippen molar-refractivity contribution in [3.63, 3.8) is 0 Å². The van der Waals surface area contributed by atoms with Crippen molar-refractivity contribution in [2.75, 3.05) is 5.32 Å². The second kappa shape index (κ2) is 7.29. The fourth-order valence-corrected chi connectivity index (χ4v) is 2.84. The van der Waals surface area contributed by atoms with Crippen molar-refractivity contribution in [2.24, 2.45) is 4.99 Å². The van der Waals surface area contributed by atoms with E-state index in [-0.39, 0.29) is 5.88 Å². The molecule has 0 saturated carbocycles. The Balaban J connectivity index is 1.52. The summed E-state index contributed by atoms with van der Waals surface area (Å²) in [6, 6.07) is 17.8. The summed E-state index contributed by atoms with van der Waals surface area (Å²) in [6.07, 6.45) is 3.23. The monoisotopic (exact) mass is 360 g/mol. The van der Waals surface area contributed by atoms with Gasteiger partial charge in [0.25, 0.3) is 0 Å². The van der Waals surface area contributed by atoms with Crippen LogP contribution in [-0.4, -0.2) is 21.3 Å². The summed E-state index contributed by atoms with van der Waals surface area (Å²) in [6.45, 7) is 0.434. The van der Waals surface area contributed by atoms with Crippen LogP contribution in [0.5, 0.6) is 5.88 Å². The van der Waals surface area contributed by atoms with Gasteiger partial charge in [0.1, 0.15) is 5.82 Å². The minimum Gasteiger partial charge on any atom is -0.494 e. The second-order valence-electron chi connectivity index (χ2n) is 6.03. The second-order valence-corrected chi connectivity index (χ2v) is 6.03. The molecule has 6 heteroatoms. The third-order valence-electron chi connectivity index (χ3n) is 4.21. The van der Waals surface area contributed by atoms with Crippen LogP contribution in [0.15, 0.2) is 71.9 Å². The van der Waals surface area contributed by atoms with Gasteiger partial charge in [-0.25, -0.2) is 4.39 Å². The van der Waals surface area contributed by atoms with Crippen molar-refractivity contribution in [1.82, 2.24) is 9.97 Å². The molecule has 0 aliphatic carbocycles. The van der Waals surface area contributed by atoms with Gasteiger partial charge in [-0.3, -0.25) is 9.98 Å². The maximum atomic E-state index is 14.3. The standard InChI is InChI=1S/C21H17FN4O/c22-18-11-14(8-9-20(18)25-12-15-5-3-4-10-23-15)24-13-17-16-6-1-2-7-19(16)26-21(17)27/h1-11,13,25-27H,12H2. The van der Waals surface area contributed by atoms with Gasteiger partial charge in [-0.05, 0) is 30.3 Å². The van der Waals surface area contributed by atoms with E-state index in [4.69, 9.17) is 0 Å². The predicted octanol–water partition coefficient (Wildman–Crippen LogP) is 4.77. The summed E-state index contributed by atoms with van der Waals surface area (Å²) in [7, 11) is 0. The van der Waals surface area contributed by atoms with E-state index in [0.29, 0.717) is 23.5 Å². The number of H-pyrrole nitrogens is 1. The first-order valence-corrected chi connectivity index (χ1v) is 8.48. The number of hydrogen-bond donors (Lipinski definition) is 3. The van der Waals surface area contributed by atoms with E-state index >= 15 is 0 Å². The number of aliphatic imine (C=N–C) groups is 1. The molecule has 0 amide bonds. The molecule has 0 saturated heterocycles. The van der Waals surface area contributed by atoms with Crippen LogP contribution in [0, 0.1) is 5.82 Å². The quantitative estimate of drug-likeness (QED) is 0.449. The number of aromatic hydroxyl groups is 1. The van der Waals surface area contributed by atoms with Crippen molar-refractivity contribution in [3.05, 3.63) is 83.9 Å². The lowest BCUT2D eigenvalue weighted by Crippen LogP contribution is -2.02. The average Bonchev–Trinajstić information content (AvgIpc) is 3.01. The van der Waals surface area contributed by atoms with Gasteiger partial charge in [-0.2, -0.15) is 0 Å². The van der Waals surface area contributed by atoms with E-state index < -0.39 is 5.82 Å². The molecule has 0 aliphatic heterocycles. The lowest BCUT2D eigenvalue weighted by Gasteiger charge is -2.07. The summed E-state index contributed by atoms with van der Waals surface area (Å²) >= 11 is 0. The smallest absolute Gasteiger partial charge is 0.198 e. The largest absolute Gasteiger partial charge is 0.494 e. The SMILES string of the molecule is Oc1[nH]c2ccccc2c1C=Nc1ccc(NCc2ccccn2)c(F)c1. The lowest BCUT2D eigenvalue weighted by molar-refractivity contribution is 0.457. The van der Waals surface area contributed by atoms with Gasteiger partial charge < -0.3 is 15.4 Å². The van der Waals surface area contributed by atoms with E-state index in [1.165, 1.54) is 12.3 Å². The molecule has 0 fully saturated rings. The summed E-state index contributed by atoms with van der Waals surface area (Å²) in [5.41, 5.74) is 3.06. The zero-order valence-electron chi connectivity index (χ0n) is 14.4. The summed E-state index contributed by atoms with van der Waals surface area (Å²) in [5, 5.41) is 13.9. The Morgan fingerprint density at radius 2 is 1.96 bits per heavy atom. The molecule has 4 rings (SSSR count). The zero-order chi connectivity index (χ0) is 18.6. The van der Waals surface area contributed by atoms with Crippen LogP contribution in [-0.2, 0) is 6.54 Å². The first kappa shape index (κ1) is 16.8. The van der Waals surface area contributed by atoms with E-state index in [2.05, 4.69) is 20.3 Å². The first-order chi connectivity index (χ1) is 13.2. The lowest BCUT2D eigenvalue weighted by atomic mass is 10.2. The van der Waals surface area contributed by atoms with Crippen LogP contribution in [0.3, 0.4) is 0 Å². The Kier molecular flexibility index (Phi) is 4.53. The first-order valence-electron chi connectivity index (χ1n) is 8.48. The fourth-order valence-electron chi connectivity index (χ4n) is 2.84. The highest BCUT2D eigenvalue weighted by molar-refractivity contribution is 6.02. The molecule has 27 heavy (non-hydrogen) atoms. The van der Waals surface area contributed by atoms with Crippen LogP contribution < -0.4 is 5.32 Å². The van der Waals surface area contributed by atoms with Gasteiger partial charge in [0.15, 0.2) is 5.88 Å². The van der Waals surface area contributed by atoms with Gasteiger partial charge >= 0.3 is 0 Å². The molecule has 0 spiro atoms. The minimum atomic E-state index is -0.399. The number of anilines is 1. The summed E-state index contributed by atoms with van der Waals surface area (Å²) in [4.78, 5) is 11.4. The molecule has 4 aromatic rings. The van der Waals surface area contributed by atoms with Crippen molar-refractivity contribution in [3.8, 4) is 5.88 Å². The summed E-state index contributed by atoms with van der Waals surface area (Å²) < 4.78 is 14.3. The predicted molar refractivity (Wildman–Crippen MR) is 105 cm³/mol. The molecule has 2 aromatic carbocycles. The molecular weight excluding hydrogens is 343 g/mol. The normalized spacial score (nSPS) is 11.3. The van der Waals surface area contributed by atoms with Crippen LogP contribution in [0.4, 0.5) is 15.8 Å². The van der Waals surface area contributed by atoms with Gasteiger partial charge in [0.05, 0.1) is 29.2 Å². The molecular formula is C21H17FN4O. The number of nitrogens with zero attached hydrogens (tertiary/aromatic N) is 2. The van der Waals surface area contributed by atoms with Gasteiger partial charge in [0, 0.05) is 29.4 Å². The van der Waals surface area contributed by atoms with Crippen LogP contribution in [0.2, 0.25) is 0 Å². The Morgan fingerprint density at radius 1 is 1.11 bits per heavy atom. The number of nitrogens with one attached hydrogen (secondary N) is 2. The van der Waals surface area contributed by atoms with Gasteiger partial charge in [-0.15, -0.1) is 0 Å². The molecule has 5 nitrogen and oxygen atoms in total.